The molecule has 2 aliphatic heterocycles. The van der Waals surface area contributed by atoms with Crippen LogP contribution in [0.15, 0.2) is 94.9 Å². The summed E-state index contributed by atoms with van der Waals surface area (Å²) in [6.07, 6.45) is 5.45. The number of nitrogens with one attached hydrogen (secondary N) is 1. The number of hydrogen-bond acceptors (Lipinski definition) is 8. The molecule has 0 bridgehead atoms. The molecule has 1 N–H and O–H groups in total. The Kier molecular flexibility index (Phi) is 7.91. The van der Waals surface area contributed by atoms with Crippen molar-refractivity contribution in [2.75, 3.05) is 49.5 Å². The van der Waals surface area contributed by atoms with Gasteiger partial charge in [0.15, 0.2) is 0 Å². The van der Waals surface area contributed by atoms with E-state index < -0.39 is 10.0 Å². The van der Waals surface area contributed by atoms with Crippen LogP contribution in [0, 0.1) is 0 Å². The molecule has 0 aliphatic carbocycles. The Balaban J connectivity index is 1.19. The summed E-state index contributed by atoms with van der Waals surface area (Å²) in [5.41, 5.74) is 2.53. The molecular formula is C30H34N6O4S. The molecule has 10 nitrogen and oxygen atoms in total. The molecule has 1 unspecified atom stereocenters. The van der Waals surface area contributed by atoms with Crippen molar-refractivity contribution in [1.82, 2.24) is 18.7 Å². The first-order chi connectivity index (χ1) is 20.0. The highest BCUT2D eigenvalue weighted by molar-refractivity contribution is 7.90. The fraction of sp³-hybridized carbons (Fsp3) is 0.333. The quantitative estimate of drug-likeness (QED) is 0.325. The second-order valence-electron chi connectivity index (χ2n) is 10.3. The monoisotopic (exact) mass is 574 g/mol. The summed E-state index contributed by atoms with van der Waals surface area (Å²) in [6, 6.07) is 21.5. The van der Waals surface area contributed by atoms with Crippen molar-refractivity contribution in [3.63, 3.8) is 0 Å². The van der Waals surface area contributed by atoms with E-state index >= 15 is 0 Å². The van der Waals surface area contributed by atoms with Crippen LogP contribution >= 0.6 is 0 Å². The van der Waals surface area contributed by atoms with Crippen LogP contribution in [0.25, 0.3) is 5.69 Å². The van der Waals surface area contributed by atoms with Gasteiger partial charge >= 0.3 is 0 Å². The summed E-state index contributed by atoms with van der Waals surface area (Å²) in [6.45, 7) is 4.60. The van der Waals surface area contributed by atoms with E-state index in [1.165, 1.54) is 8.65 Å². The highest BCUT2D eigenvalue weighted by atomic mass is 32.2. The number of piperazine rings is 1. The Morgan fingerprint density at radius 2 is 1.66 bits per heavy atom. The van der Waals surface area contributed by atoms with Gasteiger partial charge in [0, 0.05) is 57.8 Å². The summed E-state index contributed by atoms with van der Waals surface area (Å²) in [5, 5.41) is 7.91. The molecule has 2 saturated heterocycles. The van der Waals surface area contributed by atoms with Crippen molar-refractivity contribution < 1.29 is 13.2 Å². The van der Waals surface area contributed by atoms with E-state index in [1.807, 2.05) is 36.4 Å². The molecule has 2 aliphatic rings. The van der Waals surface area contributed by atoms with E-state index in [0.717, 1.165) is 25.1 Å². The lowest BCUT2D eigenvalue weighted by atomic mass is 10.2. The van der Waals surface area contributed by atoms with Gasteiger partial charge in [-0.05, 0) is 49.2 Å². The number of nitrogens with zero attached hydrogens (tertiary/aromatic N) is 5. The maximum Gasteiger partial charge on any atom is 0.296 e. The third-order valence-electron chi connectivity index (χ3n) is 7.68. The molecule has 41 heavy (non-hydrogen) atoms. The topological polar surface area (TPSA) is 102 Å². The minimum absolute atomic E-state index is 0.0841. The summed E-state index contributed by atoms with van der Waals surface area (Å²) in [7, 11) is -3.67. The Labute approximate surface area is 239 Å². The molecule has 2 aromatic carbocycles. The lowest BCUT2D eigenvalue weighted by Crippen LogP contribution is -2.47. The number of para-hydroxylation sites is 1. The van der Waals surface area contributed by atoms with Gasteiger partial charge in [0.2, 0.25) is 0 Å². The number of benzene rings is 2. The molecule has 214 valence electrons. The van der Waals surface area contributed by atoms with Crippen LogP contribution in [0.5, 0.6) is 0 Å². The molecule has 0 radical (unpaired) electrons. The van der Waals surface area contributed by atoms with Gasteiger partial charge in [-0.25, -0.2) is 12.4 Å². The van der Waals surface area contributed by atoms with Gasteiger partial charge in [-0.15, -0.1) is 0 Å². The van der Waals surface area contributed by atoms with Crippen molar-refractivity contribution >= 4 is 21.4 Å². The summed E-state index contributed by atoms with van der Waals surface area (Å²) < 4.78 is 35.1. The summed E-state index contributed by atoms with van der Waals surface area (Å²) >= 11 is 0. The number of rotatable bonds is 9. The molecule has 6 rings (SSSR count). The maximum atomic E-state index is 13.7. The average Bonchev–Trinajstić information content (AvgIpc) is 3.71. The standard InChI is InChI=1S/C30H34N6O4S/c37-30-29(31-21-26-12-8-20-40-26)28(22-32-36(30)24-9-3-1-4-10-24)34-18-16-33(17-19-34)23-25-11-7-15-35(25)41(38,39)27-13-5-2-6-14-27/h1-7,9-11,13-15,22,26,31H,8,12,16-21,23H2. The van der Waals surface area contributed by atoms with Gasteiger partial charge in [0.1, 0.15) is 5.69 Å². The van der Waals surface area contributed by atoms with E-state index in [-0.39, 0.29) is 16.6 Å². The van der Waals surface area contributed by atoms with E-state index in [2.05, 4.69) is 20.2 Å². The Bertz CT molecular complexity index is 1620. The predicted octanol–water partition coefficient (Wildman–Crippen LogP) is 3.18. The fourth-order valence-corrected chi connectivity index (χ4v) is 6.85. The molecule has 0 amide bonds. The zero-order chi connectivity index (χ0) is 28.2. The van der Waals surface area contributed by atoms with Crippen LogP contribution < -0.4 is 15.8 Å². The van der Waals surface area contributed by atoms with E-state index in [4.69, 9.17) is 4.74 Å². The van der Waals surface area contributed by atoms with Crippen LogP contribution in [-0.4, -0.2) is 72.5 Å². The highest BCUT2D eigenvalue weighted by Crippen LogP contribution is 2.25. The first-order valence-corrected chi connectivity index (χ1v) is 15.4. The lowest BCUT2D eigenvalue weighted by Gasteiger charge is -2.36. The van der Waals surface area contributed by atoms with Gasteiger partial charge in [-0.3, -0.25) is 9.69 Å². The second kappa shape index (κ2) is 11.9. The summed E-state index contributed by atoms with van der Waals surface area (Å²) in [4.78, 5) is 18.3. The predicted molar refractivity (Wildman–Crippen MR) is 158 cm³/mol. The van der Waals surface area contributed by atoms with Crippen LogP contribution in [0.3, 0.4) is 0 Å². The zero-order valence-electron chi connectivity index (χ0n) is 22.8. The van der Waals surface area contributed by atoms with Crippen LogP contribution in [0.2, 0.25) is 0 Å². The first-order valence-electron chi connectivity index (χ1n) is 14.0. The Hall–Kier alpha value is -3.93. The number of ether oxygens (including phenoxy) is 1. The normalized spacial score (nSPS) is 18.0. The molecule has 2 fully saturated rings. The van der Waals surface area contributed by atoms with Crippen molar-refractivity contribution in [3.8, 4) is 5.69 Å². The van der Waals surface area contributed by atoms with Crippen molar-refractivity contribution in [2.45, 2.75) is 30.4 Å². The van der Waals surface area contributed by atoms with E-state index in [0.29, 0.717) is 56.3 Å². The molecule has 0 saturated carbocycles. The molecule has 1 atom stereocenters. The third-order valence-corrected chi connectivity index (χ3v) is 9.42. The van der Waals surface area contributed by atoms with Crippen molar-refractivity contribution in [1.29, 1.82) is 0 Å². The lowest BCUT2D eigenvalue weighted by molar-refractivity contribution is 0.120. The smallest absolute Gasteiger partial charge is 0.296 e. The molecule has 2 aromatic heterocycles. The first kappa shape index (κ1) is 27.3. The highest BCUT2D eigenvalue weighted by Gasteiger charge is 2.26. The largest absolute Gasteiger partial charge is 0.376 e. The van der Waals surface area contributed by atoms with E-state index in [1.54, 1.807) is 48.8 Å². The van der Waals surface area contributed by atoms with Gasteiger partial charge in [0.25, 0.3) is 15.6 Å². The Morgan fingerprint density at radius 3 is 2.37 bits per heavy atom. The van der Waals surface area contributed by atoms with Crippen LogP contribution in [0.1, 0.15) is 18.5 Å². The van der Waals surface area contributed by atoms with Gasteiger partial charge < -0.3 is 15.0 Å². The minimum Gasteiger partial charge on any atom is -0.376 e. The number of hydrogen-bond donors (Lipinski definition) is 1. The minimum atomic E-state index is -3.67. The second-order valence-corrected chi connectivity index (χ2v) is 12.2. The molecule has 4 heterocycles. The molecule has 4 aromatic rings. The number of anilines is 2. The molecule has 0 spiro atoms. The van der Waals surface area contributed by atoms with Crippen molar-refractivity contribution in [3.05, 3.63) is 101 Å². The van der Waals surface area contributed by atoms with Crippen molar-refractivity contribution in [2.24, 2.45) is 0 Å². The zero-order valence-corrected chi connectivity index (χ0v) is 23.6. The molecular weight excluding hydrogens is 540 g/mol. The third kappa shape index (κ3) is 5.79. The Morgan fingerprint density at radius 1 is 0.927 bits per heavy atom. The van der Waals surface area contributed by atoms with Crippen LogP contribution in [-0.2, 0) is 21.3 Å². The van der Waals surface area contributed by atoms with Gasteiger partial charge in [0.05, 0.1) is 28.6 Å². The van der Waals surface area contributed by atoms with Gasteiger partial charge in [-0.2, -0.15) is 9.78 Å². The average molecular weight is 575 g/mol. The van der Waals surface area contributed by atoms with Gasteiger partial charge in [-0.1, -0.05) is 36.4 Å². The summed E-state index contributed by atoms with van der Waals surface area (Å²) in [5.74, 6) is 0. The van der Waals surface area contributed by atoms with Crippen LogP contribution in [0.4, 0.5) is 11.4 Å². The number of aromatic nitrogens is 3. The maximum absolute atomic E-state index is 13.7. The van der Waals surface area contributed by atoms with E-state index in [9.17, 15) is 13.2 Å². The fourth-order valence-electron chi connectivity index (χ4n) is 5.47. The SMILES string of the molecule is O=c1c(NCC2CCCO2)c(N2CCN(Cc3cccn3S(=O)(=O)c3ccccc3)CC2)cnn1-c1ccccc1. The molecule has 11 heteroatoms.